The average Bonchev–Trinajstić information content (AvgIpc) is 3.07. The van der Waals surface area contributed by atoms with E-state index in [1.807, 2.05) is 12.1 Å². The number of nitro benzene ring substituents is 1. The molecule has 3 rings (SSSR count). The van der Waals surface area contributed by atoms with Crippen LogP contribution in [0.5, 0.6) is 0 Å². The number of nitro groups is 1. The molecule has 0 N–H and O–H groups in total. The number of esters is 1. The Morgan fingerprint density at radius 3 is 2.59 bits per heavy atom. The maximum Gasteiger partial charge on any atom is 0.302 e. The zero-order chi connectivity index (χ0) is 15.7. The third-order valence-corrected chi connectivity index (χ3v) is 4.43. The van der Waals surface area contributed by atoms with E-state index in [-0.39, 0.29) is 16.6 Å². The average molecular weight is 305 g/mol. The summed E-state index contributed by atoms with van der Waals surface area (Å²) in [5, 5.41) is 10.7. The van der Waals surface area contributed by atoms with Crippen molar-refractivity contribution >= 4 is 17.3 Å². The Morgan fingerprint density at radius 1 is 1.32 bits per heavy atom. The minimum absolute atomic E-state index is 0.121. The van der Waals surface area contributed by atoms with Crippen LogP contribution in [0.15, 0.2) is 24.3 Å². The van der Waals surface area contributed by atoms with Crippen molar-refractivity contribution in [3.8, 4) is 0 Å². The van der Waals surface area contributed by atoms with Crippen molar-refractivity contribution in [3.05, 3.63) is 34.4 Å². The van der Waals surface area contributed by atoms with E-state index in [4.69, 9.17) is 4.74 Å². The number of non-ortho nitro benzene ring substituents is 1. The van der Waals surface area contributed by atoms with Gasteiger partial charge in [-0.1, -0.05) is 0 Å². The molecule has 0 amide bonds. The molecule has 0 radical (unpaired) electrons. The Labute approximate surface area is 128 Å². The Bertz CT molecular complexity index is 575. The molecule has 1 aromatic rings. The van der Waals surface area contributed by atoms with Crippen LogP contribution in [-0.2, 0) is 9.53 Å². The minimum Gasteiger partial charge on any atom is -0.465 e. The Morgan fingerprint density at radius 2 is 2.05 bits per heavy atom. The van der Waals surface area contributed by atoms with Gasteiger partial charge < -0.3 is 9.64 Å². The number of carbonyl (C=O) groups is 1. The standard InChI is InChI=1S/C15H19N3O4/c1-11(19)22-7-6-16-9-15-8-14(16)10-17(15)12-2-4-13(5-3-12)18(20)21/h2-5,14-15H,6-10H2,1H3/t14-,15-/m0/s1. The fraction of sp³-hybridized carbons (Fsp3) is 0.533. The van der Waals surface area contributed by atoms with E-state index in [2.05, 4.69) is 9.80 Å². The van der Waals surface area contributed by atoms with Gasteiger partial charge in [0.1, 0.15) is 6.61 Å². The first-order valence-electron chi connectivity index (χ1n) is 7.43. The Kier molecular flexibility index (Phi) is 3.98. The first-order valence-corrected chi connectivity index (χ1v) is 7.43. The summed E-state index contributed by atoms with van der Waals surface area (Å²) in [6.45, 7) is 4.50. The summed E-state index contributed by atoms with van der Waals surface area (Å²) in [5.41, 5.74) is 1.16. The van der Waals surface area contributed by atoms with Crippen LogP contribution < -0.4 is 4.90 Å². The summed E-state index contributed by atoms with van der Waals surface area (Å²) >= 11 is 0. The van der Waals surface area contributed by atoms with Gasteiger partial charge in [0, 0.05) is 56.5 Å². The van der Waals surface area contributed by atoms with Crippen molar-refractivity contribution in [2.24, 2.45) is 0 Å². The molecule has 22 heavy (non-hydrogen) atoms. The molecule has 0 aliphatic carbocycles. The van der Waals surface area contributed by atoms with Crippen LogP contribution >= 0.6 is 0 Å². The summed E-state index contributed by atoms with van der Waals surface area (Å²) in [7, 11) is 0. The summed E-state index contributed by atoms with van der Waals surface area (Å²) in [6.07, 6.45) is 1.09. The molecular weight excluding hydrogens is 286 g/mol. The van der Waals surface area contributed by atoms with Gasteiger partial charge in [-0.05, 0) is 18.6 Å². The number of nitrogens with zero attached hydrogens (tertiary/aromatic N) is 3. The highest BCUT2D eigenvalue weighted by Gasteiger charge is 2.42. The van der Waals surface area contributed by atoms with E-state index in [0.717, 1.165) is 31.7 Å². The van der Waals surface area contributed by atoms with Gasteiger partial charge in [-0.3, -0.25) is 19.8 Å². The molecule has 2 atom stereocenters. The number of benzene rings is 1. The number of hydrogen-bond acceptors (Lipinski definition) is 6. The van der Waals surface area contributed by atoms with Crippen LogP contribution in [0.4, 0.5) is 11.4 Å². The molecule has 2 fully saturated rings. The van der Waals surface area contributed by atoms with Crippen molar-refractivity contribution < 1.29 is 14.5 Å². The van der Waals surface area contributed by atoms with Gasteiger partial charge in [-0.25, -0.2) is 0 Å². The molecule has 2 aliphatic rings. The number of hydrogen-bond donors (Lipinski definition) is 0. The number of piperazine rings is 1. The molecule has 7 nitrogen and oxygen atoms in total. The third kappa shape index (κ3) is 2.89. The third-order valence-electron chi connectivity index (χ3n) is 4.43. The number of rotatable bonds is 5. The van der Waals surface area contributed by atoms with Crippen molar-refractivity contribution in [1.82, 2.24) is 4.90 Å². The Hall–Kier alpha value is -2.15. The van der Waals surface area contributed by atoms with E-state index < -0.39 is 0 Å². The second-order valence-electron chi connectivity index (χ2n) is 5.80. The molecule has 2 aliphatic heterocycles. The van der Waals surface area contributed by atoms with Crippen molar-refractivity contribution in [2.45, 2.75) is 25.4 Å². The van der Waals surface area contributed by atoms with Gasteiger partial charge in [-0.15, -0.1) is 0 Å². The maximum absolute atomic E-state index is 10.8. The van der Waals surface area contributed by atoms with Crippen LogP contribution in [0.1, 0.15) is 13.3 Å². The van der Waals surface area contributed by atoms with Crippen LogP contribution in [-0.4, -0.2) is 54.1 Å². The monoisotopic (exact) mass is 305 g/mol. The molecule has 0 unspecified atom stereocenters. The fourth-order valence-electron chi connectivity index (χ4n) is 3.41. The molecule has 118 valence electrons. The number of ether oxygens (including phenoxy) is 1. The van der Waals surface area contributed by atoms with Crippen LogP contribution in [0.25, 0.3) is 0 Å². The molecule has 2 bridgehead atoms. The molecule has 0 spiro atoms. The second-order valence-corrected chi connectivity index (χ2v) is 5.80. The van der Waals surface area contributed by atoms with Gasteiger partial charge in [0.2, 0.25) is 0 Å². The molecule has 7 heteroatoms. The summed E-state index contributed by atoms with van der Waals surface area (Å²) in [6, 6.07) is 7.66. The van der Waals surface area contributed by atoms with Gasteiger partial charge >= 0.3 is 5.97 Å². The molecule has 2 heterocycles. The normalized spacial score (nSPS) is 23.8. The summed E-state index contributed by atoms with van der Waals surface area (Å²) < 4.78 is 5.00. The Balaban J connectivity index is 1.57. The maximum atomic E-state index is 10.8. The number of carbonyl (C=O) groups excluding carboxylic acids is 1. The lowest BCUT2D eigenvalue weighted by atomic mass is 10.2. The minimum atomic E-state index is -0.378. The summed E-state index contributed by atoms with van der Waals surface area (Å²) in [5.74, 6) is -0.239. The highest BCUT2D eigenvalue weighted by Crippen LogP contribution is 2.34. The van der Waals surface area contributed by atoms with Gasteiger partial charge in [0.05, 0.1) is 4.92 Å². The molecule has 0 aromatic heterocycles. The van der Waals surface area contributed by atoms with E-state index >= 15 is 0 Å². The molecule has 1 aromatic carbocycles. The summed E-state index contributed by atoms with van der Waals surface area (Å²) in [4.78, 5) is 25.8. The fourth-order valence-corrected chi connectivity index (χ4v) is 3.41. The lowest BCUT2D eigenvalue weighted by Gasteiger charge is -2.35. The van der Waals surface area contributed by atoms with Gasteiger partial charge in [-0.2, -0.15) is 0 Å². The molecule has 2 saturated heterocycles. The largest absolute Gasteiger partial charge is 0.465 e. The zero-order valence-corrected chi connectivity index (χ0v) is 12.5. The van der Waals surface area contributed by atoms with E-state index in [0.29, 0.717) is 18.7 Å². The quantitative estimate of drug-likeness (QED) is 0.465. The van der Waals surface area contributed by atoms with Gasteiger partial charge in [0.25, 0.3) is 5.69 Å². The van der Waals surface area contributed by atoms with E-state index in [1.54, 1.807) is 12.1 Å². The number of anilines is 1. The number of likely N-dealkylation sites (tertiary alicyclic amines) is 1. The first kappa shape index (κ1) is 14.8. The molecule has 0 saturated carbocycles. The van der Waals surface area contributed by atoms with Crippen LogP contribution in [0.2, 0.25) is 0 Å². The second kappa shape index (κ2) is 5.92. The highest BCUT2D eigenvalue weighted by atomic mass is 16.6. The van der Waals surface area contributed by atoms with Gasteiger partial charge in [0.15, 0.2) is 0 Å². The first-order chi connectivity index (χ1) is 10.5. The zero-order valence-electron chi connectivity index (χ0n) is 12.5. The smallest absolute Gasteiger partial charge is 0.302 e. The number of fused-ring (bicyclic) bond motifs is 2. The predicted octanol–water partition coefficient (Wildman–Crippen LogP) is 1.42. The molecular formula is C15H19N3O4. The van der Waals surface area contributed by atoms with Crippen LogP contribution in [0.3, 0.4) is 0 Å². The SMILES string of the molecule is CC(=O)OCCN1C[C@@H]2C[C@H]1CN2c1ccc([N+](=O)[O-])cc1. The van der Waals surface area contributed by atoms with Crippen molar-refractivity contribution in [1.29, 1.82) is 0 Å². The van der Waals surface area contributed by atoms with Crippen LogP contribution in [0, 0.1) is 10.1 Å². The highest BCUT2D eigenvalue weighted by molar-refractivity contribution is 5.65. The lowest BCUT2D eigenvalue weighted by Crippen LogP contribution is -2.47. The van der Waals surface area contributed by atoms with E-state index in [1.165, 1.54) is 6.92 Å². The van der Waals surface area contributed by atoms with E-state index in [9.17, 15) is 14.9 Å². The van der Waals surface area contributed by atoms with Crippen molar-refractivity contribution in [2.75, 3.05) is 31.1 Å². The van der Waals surface area contributed by atoms with Crippen molar-refractivity contribution in [3.63, 3.8) is 0 Å². The topological polar surface area (TPSA) is 75.9 Å². The lowest BCUT2D eigenvalue weighted by molar-refractivity contribution is -0.384. The predicted molar refractivity (Wildman–Crippen MR) is 80.8 cm³/mol.